The minimum absolute atomic E-state index is 0.221. The molecule has 2 heterocycles. The van der Waals surface area contributed by atoms with E-state index in [9.17, 15) is 0 Å². The Morgan fingerprint density at radius 1 is 0.871 bits per heavy atom. The van der Waals surface area contributed by atoms with Crippen molar-refractivity contribution in [3.63, 3.8) is 0 Å². The molecule has 2 aromatic rings. The molecule has 0 amide bonds. The Balaban J connectivity index is 1.52. The van der Waals surface area contributed by atoms with Crippen LogP contribution in [0, 0.1) is 0 Å². The Kier molecular flexibility index (Phi) is 6.41. The number of rotatable bonds is 6. The quantitative estimate of drug-likeness (QED) is 0.671. The van der Waals surface area contributed by atoms with E-state index in [-0.39, 0.29) is 10.8 Å². The van der Waals surface area contributed by atoms with Crippen molar-refractivity contribution in [3.05, 3.63) is 47.5 Å². The van der Waals surface area contributed by atoms with Gasteiger partial charge >= 0.3 is 0 Å². The molecule has 0 bridgehead atoms. The zero-order chi connectivity index (χ0) is 22.1. The molecule has 1 aliphatic heterocycles. The molecule has 4 nitrogen and oxygen atoms in total. The van der Waals surface area contributed by atoms with Crippen molar-refractivity contribution >= 4 is 5.82 Å². The van der Waals surface area contributed by atoms with Crippen LogP contribution in [0.25, 0.3) is 11.3 Å². The number of fused-ring (bicyclic) bond motifs is 1. The second kappa shape index (κ2) is 8.91. The second-order valence-corrected chi connectivity index (χ2v) is 10.7. The fourth-order valence-corrected chi connectivity index (χ4v) is 5.19. The zero-order valence-electron chi connectivity index (χ0n) is 20.0. The number of pyridine rings is 1. The van der Waals surface area contributed by atoms with E-state index >= 15 is 0 Å². The van der Waals surface area contributed by atoms with Gasteiger partial charge in [-0.2, -0.15) is 0 Å². The van der Waals surface area contributed by atoms with Crippen LogP contribution in [0.3, 0.4) is 0 Å². The van der Waals surface area contributed by atoms with Crippen LogP contribution in [0.4, 0.5) is 5.82 Å². The van der Waals surface area contributed by atoms with Crippen molar-refractivity contribution < 1.29 is 0 Å². The van der Waals surface area contributed by atoms with Gasteiger partial charge in [-0.15, -0.1) is 0 Å². The fraction of sp³-hybridized carbons (Fsp3) is 0.593. The SMILES string of the molecule is CC1(C)CCC(C)(C)c2cc(-c3cccc(N4CCN(CCCCN)CC4)n3)ccc21. The number of nitrogens with two attached hydrogens (primary N) is 1. The van der Waals surface area contributed by atoms with Crippen LogP contribution < -0.4 is 10.6 Å². The molecule has 0 saturated carbocycles. The Labute approximate surface area is 188 Å². The molecule has 1 aromatic carbocycles. The summed E-state index contributed by atoms with van der Waals surface area (Å²) in [5, 5.41) is 0. The molecule has 1 saturated heterocycles. The molecule has 4 rings (SSSR count). The van der Waals surface area contributed by atoms with E-state index in [1.807, 2.05) is 0 Å². The van der Waals surface area contributed by atoms with E-state index in [4.69, 9.17) is 10.7 Å². The number of hydrogen-bond donors (Lipinski definition) is 1. The van der Waals surface area contributed by atoms with Gasteiger partial charge in [0.15, 0.2) is 0 Å². The summed E-state index contributed by atoms with van der Waals surface area (Å²) in [4.78, 5) is 10.1. The third-order valence-electron chi connectivity index (χ3n) is 7.51. The monoisotopic (exact) mass is 420 g/mol. The Morgan fingerprint density at radius 2 is 1.58 bits per heavy atom. The number of anilines is 1. The lowest BCUT2D eigenvalue weighted by Crippen LogP contribution is -2.47. The lowest BCUT2D eigenvalue weighted by Gasteiger charge is -2.42. The lowest BCUT2D eigenvalue weighted by atomic mass is 9.63. The molecule has 1 aromatic heterocycles. The largest absolute Gasteiger partial charge is 0.354 e. The average Bonchev–Trinajstić information content (AvgIpc) is 2.78. The van der Waals surface area contributed by atoms with Crippen molar-refractivity contribution in [2.45, 2.75) is 64.2 Å². The molecule has 0 atom stereocenters. The smallest absolute Gasteiger partial charge is 0.129 e. The minimum Gasteiger partial charge on any atom is -0.354 e. The Bertz CT molecular complexity index is 894. The molecule has 0 unspecified atom stereocenters. The molecule has 31 heavy (non-hydrogen) atoms. The third kappa shape index (κ3) is 4.80. The molecule has 2 N–H and O–H groups in total. The first-order chi connectivity index (χ1) is 14.8. The highest BCUT2D eigenvalue weighted by atomic mass is 15.3. The van der Waals surface area contributed by atoms with Crippen LogP contribution in [0.1, 0.15) is 64.5 Å². The van der Waals surface area contributed by atoms with E-state index < -0.39 is 0 Å². The van der Waals surface area contributed by atoms with E-state index in [0.717, 1.165) is 50.7 Å². The van der Waals surface area contributed by atoms with E-state index in [1.165, 1.54) is 42.5 Å². The highest BCUT2D eigenvalue weighted by molar-refractivity contribution is 5.65. The molecule has 1 aliphatic carbocycles. The van der Waals surface area contributed by atoms with Gasteiger partial charge in [0.1, 0.15) is 5.82 Å². The Hall–Kier alpha value is -1.91. The van der Waals surface area contributed by atoms with E-state index in [1.54, 1.807) is 0 Å². The molecule has 4 heteroatoms. The van der Waals surface area contributed by atoms with Crippen molar-refractivity contribution in [1.29, 1.82) is 0 Å². The van der Waals surface area contributed by atoms with Crippen LogP contribution in [0.2, 0.25) is 0 Å². The number of piperazine rings is 1. The van der Waals surface area contributed by atoms with Gasteiger partial charge in [-0.05, 0) is 78.9 Å². The van der Waals surface area contributed by atoms with Gasteiger partial charge in [0, 0.05) is 31.7 Å². The van der Waals surface area contributed by atoms with Crippen molar-refractivity contribution in [1.82, 2.24) is 9.88 Å². The molecule has 168 valence electrons. The standard InChI is InChI=1S/C27H40N4/c1-26(2)12-13-27(3,4)23-20-21(10-11-22(23)26)24-8-7-9-25(29-24)31-18-16-30(17-19-31)15-6-5-14-28/h7-11,20H,5-6,12-19,28H2,1-4H3. The second-order valence-electron chi connectivity index (χ2n) is 10.7. The highest BCUT2D eigenvalue weighted by Gasteiger charge is 2.37. The van der Waals surface area contributed by atoms with Gasteiger partial charge in [-0.25, -0.2) is 4.98 Å². The van der Waals surface area contributed by atoms with Crippen molar-refractivity contribution in [3.8, 4) is 11.3 Å². The van der Waals surface area contributed by atoms with Crippen LogP contribution in [-0.2, 0) is 10.8 Å². The number of aromatic nitrogens is 1. The number of hydrogen-bond acceptors (Lipinski definition) is 4. The average molecular weight is 421 g/mol. The summed E-state index contributed by atoms with van der Waals surface area (Å²) < 4.78 is 0. The fourth-order valence-electron chi connectivity index (χ4n) is 5.19. The van der Waals surface area contributed by atoms with Crippen LogP contribution in [0.5, 0.6) is 0 Å². The van der Waals surface area contributed by atoms with Gasteiger partial charge in [0.05, 0.1) is 5.69 Å². The summed E-state index contributed by atoms with van der Waals surface area (Å²) in [5.74, 6) is 1.11. The summed E-state index contributed by atoms with van der Waals surface area (Å²) in [5.41, 5.74) is 11.4. The first kappa shape index (κ1) is 22.3. The topological polar surface area (TPSA) is 45.4 Å². The number of unbranched alkanes of at least 4 members (excludes halogenated alkanes) is 1. The minimum atomic E-state index is 0.221. The predicted octanol–water partition coefficient (Wildman–Crippen LogP) is 4.96. The first-order valence-corrected chi connectivity index (χ1v) is 12.1. The van der Waals surface area contributed by atoms with Gasteiger partial charge in [-0.1, -0.05) is 45.9 Å². The lowest BCUT2D eigenvalue weighted by molar-refractivity contribution is 0.253. The number of nitrogens with zero attached hydrogens (tertiary/aromatic N) is 3. The van der Waals surface area contributed by atoms with E-state index in [2.05, 4.69) is 73.9 Å². The highest BCUT2D eigenvalue weighted by Crippen LogP contribution is 2.46. The first-order valence-electron chi connectivity index (χ1n) is 12.1. The summed E-state index contributed by atoms with van der Waals surface area (Å²) in [6, 6.07) is 13.6. The summed E-state index contributed by atoms with van der Waals surface area (Å²) >= 11 is 0. The summed E-state index contributed by atoms with van der Waals surface area (Å²) in [7, 11) is 0. The molecular formula is C27H40N4. The molecular weight excluding hydrogens is 380 g/mol. The Morgan fingerprint density at radius 3 is 2.29 bits per heavy atom. The zero-order valence-corrected chi connectivity index (χ0v) is 20.0. The van der Waals surface area contributed by atoms with E-state index in [0.29, 0.717) is 0 Å². The van der Waals surface area contributed by atoms with Gasteiger partial charge in [0.25, 0.3) is 0 Å². The molecule has 0 radical (unpaired) electrons. The maximum absolute atomic E-state index is 5.63. The maximum atomic E-state index is 5.63. The van der Waals surface area contributed by atoms with Crippen molar-refractivity contribution in [2.75, 3.05) is 44.2 Å². The maximum Gasteiger partial charge on any atom is 0.129 e. The third-order valence-corrected chi connectivity index (χ3v) is 7.51. The summed E-state index contributed by atoms with van der Waals surface area (Å²) in [6.45, 7) is 15.8. The number of benzene rings is 1. The van der Waals surface area contributed by atoms with Gasteiger partial charge < -0.3 is 10.6 Å². The molecule has 0 spiro atoms. The predicted molar refractivity (Wildman–Crippen MR) is 132 cm³/mol. The van der Waals surface area contributed by atoms with Crippen LogP contribution in [-0.4, -0.2) is 49.2 Å². The molecule has 1 fully saturated rings. The van der Waals surface area contributed by atoms with Crippen LogP contribution in [0.15, 0.2) is 36.4 Å². The van der Waals surface area contributed by atoms with Gasteiger partial charge in [0.2, 0.25) is 0 Å². The normalized spacial score (nSPS) is 20.5. The van der Waals surface area contributed by atoms with Gasteiger partial charge in [-0.3, -0.25) is 4.90 Å². The van der Waals surface area contributed by atoms with Crippen molar-refractivity contribution in [2.24, 2.45) is 5.73 Å². The molecule has 2 aliphatic rings. The van der Waals surface area contributed by atoms with Crippen LogP contribution >= 0.6 is 0 Å². The summed E-state index contributed by atoms with van der Waals surface area (Å²) in [6.07, 6.45) is 4.81.